The molecule has 10 nitrogen and oxygen atoms in total. The number of likely N-dealkylation sites (tertiary alicyclic amines) is 1. The van der Waals surface area contributed by atoms with E-state index in [1.807, 2.05) is 4.90 Å². The minimum Gasteiger partial charge on any atom is -0.497 e. The first-order chi connectivity index (χ1) is 18.6. The van der Waals surface area contributed by atoms with Crippen molar-refractivity contribution in [2.75, 3.05) is 33.6 Å². The zero-order valence-corrected chi connectivity index (χ0v) is 23.0. The van der Waals surface area contributed by atoms with Gasteiger partial charge in [0, 0.05) is 12.8 Å². The van der Waals surface area contributed by atoms with E-state index < -0.39 is 21.9 Å². The van der Waals surface area contributed by atoms with Gasteiger partial charge in [0.15, 0.2) is 33.4 Å². The lowest BCUT2D eigenvalue weighted by Crippen LogP contribution is -2.46. The molecule has 1 aromatic heterocycles. The van der Waals surface area contributed by atoms with Crippen molar-refractivity contribution in [3.8, 4) is 29.0 Å². The van der Waals surface area contributed by atoms with Crippen LogP contribution in [0.4, 0.5) is 4.39 Å². The molecule has 2 aromatic carbocycles. The molecule has 1 atom stereocenters. The van der Waals surface area contributed by atoms with E-state index in [0.29, 0.717) is 35.6 Å². The number of carbonyl (C=O) groups is 1. The number of piperidine rings is 1. The average Bonchev–Trinajstić information content (AvgIpc) is 2.91. The van der Waals surface area contributed by atoms with Crippen LogP contribution < -0.4 is 18.9 Å². The van der Waals surface area contributed by atoms with E-state index in [0.717, 1.165) is 25.2 Å². The number of rotatable bonds is 10. The molecule has 2 heterocycles. The Kier molecular flexibility index (Phi) is 8.66. The number of ketones is 1. The predicted molar refractivity (Wildman–Crippen MR) is 140 cm³/mol. The Morgan fingerprint density at radius 1 is 1.05 bits per heavy atom. The summed E-state index contributed by atoms with van der Waals surface area (Å²) in [5.41, 5.74) is 0.842. The van der Waals surface area contributed by atoms with Crippen LogP contribution in [0.1, 0.15) is 35.2 Å². The zero-order valence-electron chi connectivity index (χ0n) is 22.1. The van der Waals surface area contributed by atoms with Crippen LogP contribution in [0.2, 0.25) is 0 Å². The Balaban J connectivity index is 1.52. The second kappa shape index (κ2) is 12.0. The summed E-state index contributed by atoms with van der Waals surface area (Å²) in [6, 6.07) is 8.46. The van der Waals surface area contributed by atoms with Crippen LogP contribution in [0.25, 0.3) is 0 Å². The fraction of sp³-hybridized carbons (Fsp3) is 0.370. The molecular formula is C27H30FN3O7S. The Morgan fingerprint density at radius 3 is 2.49 bits per heavy atom. The van der Waals surface area contributed by atoms with Gasteiger partial charge in [0.1, 0.15) is 17.8 Å². The summed E-state index contributed by atoms with van der Waals surface area (Å²) in [6.07, 6.45) is 4.27. The fourth-order valence-corrected chi connectivity index (χ4v) is 4.88. The SMILES string of the molecule is COc1ccc(OC)c(C(=O)CN2CCCCC2Oc2ncnc(Oc3ccc(S(C)(=O)=O)cc3F)c2C)c1. The predicted octanol–water partition coefficient (Wildman–Crippen LogP) is 4.21. The lowest BCUT2D eigenvalue weighted by molar-refractivity contribution is -0.00425. The Bertz CT molecular complexity index is 1470. The van der Waals surface area contributed by atoms with Crippen LogP contribution in [-0.2, 0) is 9.84 Å². The van der Waals surface area contributed by atoms with Crippen LogP contribution in [0.15, 0.2) is 47.6 Å². The molecule has 0 radical (unpaired) electrons. The molecule has 1 aliphatic heterocycles. The summed E-state index contributed by atoms with van der Waals surface area (Å²) in [6.45, 7) is 2.42. The summed E-state index contributed by atoms with van der Waals surface area (Å²) in [4.78, 5) is 23.4. The van der Waals surface area contributed by atoms with Crippen molar-refractivity contribution in [2.24, 2.45) is 0 Å². The molecule has 39 heavy (non-hydrogen) atoms. The number of aromatic nitrogens is 2. The highest BCUT2D eigenvalue weighted by atomic mass is 32.2. The Hall–Kier alpha value is -3.77. The maximum atomic E-state index is 14.6. The van der Waals surface area contributed by atoms with Gasteiger partial charge in [-0.3, -0.25) is 9.69 Å². The summed E-state index contributed by atoms with van der Waals surface area (Å²) in [5, 5.41) is 0. The Morgan fingerprint density at radius 2 is 1.79 bits per heavy atom. The molecule has 4 rings (SSSR count). The van der Waals surface area contributed by atoms with Gasteiger partial charge in [-0.15, -0.1) is 0 Å². The van der Waals surface area contributed by atoms with Gasteiger partial charge in [0.25, 0.3) is 0 Å². The van der Waals surface area contributed by atoms with Gasteiger partial charge in [-0.1, -0.05) is 0 Å². The van der Waals surface area contributed by atoms with Crippen LogP contribution >= 0.6 is 0 Å². The van der Waals surface area contributed by atoms with E-state index in [4.69, 9.17) is 18.9 Å². The largest absolute Gasteiger partial charge is 0.497 e. The smallest absolute Gasteiger partial charge is 0.229 e. The number of benzene rings is 2. The minimum absolute atomic E-state index is 0.0607. The quantitative estimate of drug-likeness (QED) is 0.334. The number of ether oxygens (including phenoxy) is 4. The third kappa shape index (κ3) is 6.63. The molecule has 0 saturated carbocycles. The molecule has 1 fully saturated rings. The van der Waals surface area contributed by atoms with Gasteiger partial charge in [-0.25, -0.2) is 22.8 Å². The minimum atomic E-state index is -3.57. The van der Waals surface area contributed by atoms with Crippen LogP contribution in [0.3, 0.4) is 0 Å². The topological polar surface area (TPSA) is 117 Å². The van der Waals surface area contributed by atoms with Gasteiger partial charge >= 0.3 is 0 Å². The molecule has 0 amide bonds. The molecule has 0 bridgehead atoms. The molecule has 12 heteroatoms. The molecule has 1 saturated heterocycles. The van der Waals surface area contributed by atoms with Crippen LogP contribution in [-0.4, -0.2) is 68.9 Å². The van der Waals surface area contributed by atoms with E-state index in [1.54, 1.807) is 25.1 Å². The molecule has 1 aliphatic rings. The molecular weight excluding hydrogens is 529 g/mol. The Labute approximate surface area is 226 Å². The summed E-state index contributed by atoms with van der Waals surface area (Å²) >= 11 is 0. The zero-order chi connectivity index (χ0) is 28.2. The summed E-state index contributed by atoms with van der Waals surface area (Å²) < 4.78 is 60.5. The van der Waals surface area contributed by atoms with Crippen molar-refractivity contribution in [3.05, 3.63) is 59.7 Å². The van der Waals surface area contributed by atoms with E-state index in [-0.39, 0.29) is 34.7 Å². The lowest BCUT2D eigenvalue weighted by Gasteiger charge is -2.35. The molecule has 0 aliphatic carbocycles. The van der Waals surface area contributed by atoms with E-state index in [9.17, 15) is 17.6 Å². The molecule has 3 aromatic rings. The van der Waals surface area contributed by atoms with Crippen molar-refractivity contribution < 1.29 is 36.6 Å². The number of carbonyl (C=O) groups excluding carboxylic acids is 1. The number of Topliss-reactive ketones (excluding diaryl/α,β-unsaturated/α-hetero) is 1. The summed E-state index contributed by atoms with van der Waals surface area (Å²) in [7, 11) is -0.526. The maximum absolute atomic E-state index is 14.6. The lowest BCUT2D eigenvalue weighted by atomic mass is 10.1. The number of hydrogen-bond acceptors (Lipinski definition) is 10. The number of nitrogens with zero attached hydrogens (tertiary/aromatic N) is 3. The van der Waals surface area contributed by atoms with Crippen LogP contribution in [0.5, 0.6) is 29.0 Å². The van der Waals surface area contributed by atoms with E-state index in [1.165, 1.54) is 32.7 Å². The van der Waals surface area contributed by atoms with Gasteiger partial charge in [-0.2, -0.15) is 0 Å². The van der Waals surface area contributed by atoms with Crippen molar-refractivity contribution in [2.45, 2.75) is 37.3 Å². The number of hydrogen-bond donors (Lipinski definition) is 0. The second-order valence-electron chi connectivity index (χ2n) is 9.10. The highest BCUT2D eigenvalue weighted by Gasteiger charge is 2.29. The highest BCUT2D eigenvalue weighted by molar-refractivity contribution is 7.90. The van der Waals surface area contributed by atoms with Gasteiger partial charge in [0.05, 0.1) is 36.8 Å². The van der Waals surface area contributed by atoms with E-state index in [2.05, 4.69) is 9.97 Å². The number of methoxy groups -OCH3 is 2. The third-order valence-corrected chi connectivity index (χ3v) is 7.50. The highest BCUT2D eigenvalue weighted by Crippen LogP contribution is 2.32. The second-order valence-corrected chi connectivity index (χ2v) is 11.1. The molecule has 0 N–H and O–H groups in total. The fourth-order valence-electron chi connectivity index (χ4n) is 4.24. The molecule has 1 unspecified atom stereocenters. The first-order valence-corrected chi connectivity index (χ1v) is 14.1. The summed E-state index contributed by atoms with van der Waals surface area (Å²) in [5.74, 6) is 0.132. The normalized spacial score (nSPS) is 16.0. The average molecular weight is 560 g/mol. The number of sulfone groups is 1. The van der Waals surface area contributed by atoms with Crippen molar-refractivity contribution in [1.29, 1.82) is 0 Å². The first-order valence-electron chi connectivity index (χ1n) is 12.3. The third-order valence-electron chi connectivity index (χ3n) is 6.38. The monoisotopic (exact) mass is 559 g/mol. The van der Waals surface area contributed by atoms with Gasteiger partial charge in [0.2, 0.25) is 11.8 Å². The van der Waals surface area contributed by atoms with Crippen molar-refractivity contribution >= 4 is 15.6 Å². The van der Waals surface area contributed by atoms with Crippen molar-refractivity contribution in [3.63, 3.8) is 0 Å². The standard InChI is InChI=1S/C27H30FN3O7S/c1-17-26(37-24-11-9-19(14-21(24)28)39(4,33)34)29-16-30-27(17)38-25-7-5-6-12-31(25)15-22(32)20-13-18(35-2)8-10-23(20)36-3/h8-11,13-14,16,25H,5-7,12,15H2,1-4H3. The van der Waals surface area contributed by atoms with Gasteiger partial charge in [-0.05, 0) is 62.6 Å². The van der Waals surface area contributed by atoms with Crippen LogP contribution in [0, 0.1) is 12.7 Å². The molecule has 208 valence electrons. The van der Waals surface area contributed by atoms with E-state index >= 15 is 0 Å². The molecule has 0 spiro atoms. The van der Waals surface area contributed by atoms with Gasteiger partial charge < -0.3 is 18.9 Å². The van der Waals surface area contributed by atoms with Crippen molar-refractivity contribution in [1.82, 2.24) is 14.9 Å². The maximum Gasteiger partial charge on any atom is 0.229 e. The number of halogens is 1. The first kappa shape index (κ1) is 28.2.